The zero-order chi connectivity index (χ0) is 21.0. The molecule has 5 rings (SSSR count). The Labute approximate surface area is 178 Å². The van der Waals surface area contributed by atoms with Gasteiger partial charge < -0.3 is 20.2 Å². The van der Waals surface area contributed by atoms with Crippen molar-refractivity contribution >= 4 is 45.2 Å². The van der Waals surface area contributed by atoms with E-state index in [0.29, 0.717) is 5.95 Å². The lowest BCUT2D eigenvalue weighted by molar-refractivity contribution is 0.0964. The Balaban J connectivity index is 1.46. The van der Waals surface area contributed by atoms with Gasteiger partial charge in [0.25, 0.3) is 0 Å². The number of rotatable bonds is 4. The van der Waals surface area contributed by atoms with Crippen LogP contribution in [-0.2, 0) is 0 Å². The first kappa shape index (κ1) is 19.1. The molecule has 0 radical (unpaired) electrons. The van der Waals surface area contributed by atoms with Gasteiger partial charge in [-0.3, -0.25) is 5.10 Å². The second kappa shape index (κ2) is 7.12. The molecule has 3 N–H and O–H groups in total. The topological polar surface area (TPSA) is 110 Å². The third-order valence-electron chi connectivity index (χ3n) is 6.25. The second-order valence-electron chi connectivity index (χ2n) is 8.32. The molecule has 2 aliphatic rings. The van der Waals surface area contributed by atoms with Crippen LogP contribution in [0, 0.1) is 13.8 Å². The van der Waals surface area contributed by atoms with Gasteiger partial charge in [0.1, 0.15) is 10.6 Å². The van der Waals surface area contributed by atoms with E-state index in [-0.39, 0.29) is 18.1 Å². The third-order valence-corrected chi connectivity index (χ3v) is 7.19. The smallest absolute Gasteiger partial charge is 0.407 e. The maximum atomic E-state index is 11.6. The Morgan fingerprint density at radius 1 is 1.27 bits per heavy atom. The van der Waals surface area contributed by atoms with E-state index in [9.17, 15) is 9.90 Å². The van der Waals surface area contributed by atoms with Crippen molar-refractivity contribution in [2.75, 3.05) is 17.3 Å². The highest BCUT2D eigenvalue weighted by molar-refractivity contribution is 7.18. The normalized spacial score (nSPS) is 23.2. The van der Waals surface area contributed by atoms with E-state index < -0.39 is 6.09 Å². The Kier molecular flexibility index (Phi) is 4.53. The first-order valence-electron chi connectivity index (χ1n) is 10.2. The number of hydrogen-bond acceptors (Lipinski definition) is 7. The van der Waals surface area contributed by atoms with E-state index in [1.54, 1.807) is 16.2 Å². The van der Waals surface area contributed by atoms with E-state index in [0.717, 1.165) is 53.2 Å². The largest absolute Gasteiger partial charge is 0.465 e. The molecule has 9 nitrogen and oxygen atoms in total. The van der Waals surface area contributed by atoms with Gasteiger partial charge in [-0.1, -0.05) is 0 Å². The van der Waals surface area contributed by atoms with E-state index in [1.807, 2.05) is 20.0 Å². The molecule has 0 aromatic carbocycles. The Hall–Kier alpha value is -2.88. The van der Waals surface area contributed by atoms with Gasteiger partial charge in [0.2, 0.25) is 5.95 Å². The predicted octanol–water partition coefficient (Wildman–Crippen LogP) is 3.88. The number of anilines is 3. The molecule has 2 fully saturated rings. The Morgan fingerprint density at radius 3 is 2.63 bits per heavy atom. The van der Waals surface area contributed by atoms with E-state index in [4.69, 9.17) is 9.97 Å². The summed E-state index contributed by atoms with van der Waals surface area (Å²) in [5.41, 5.74) is 0.974. The summed E-state index contributed by atoms with van der Waals surface area (Å²) in [4.78, 5) is 27.2. The minimum atomic E-state index is -0.795. The van der Waals surface area contributed by atoms with Crippen LogP contribution in [0.2, 0.25) is 0 Å². The summed E-state index contributed by atoms with van der Waals surface area (Å²) in [5, 5.41) is 21.1. The molecule has 2 aliphatic heterocycles. The fourth-order valence-corrected chi connectivity index (χ4v) is 5.70. The zero-order valence-electron chi connectivity index (χ0n) is 17.2. The molecule has 2 atom stereocenters. The number of carboxylic acid groups (broad SMARTS) is 1. The maximum absolute atomic E-state index is 11.6. The van der Waals surface area contributed by atoms with Gasteiger partial charge in [0, 0.05) is 41.8 Å². The number of nitrogens with one attached hydrogen (secondary N) is 2. The molecule has 1 amide bonds. The Morgan fingerprint density at radius 2 is 2.00 bits per heavy atom. The van der Waals surface area contributed by atoms with Crippen molar-refractivity contribution in [3.8, 4) is 0 Å². The van der Waals surface area contributed by atoms with Crippen LogP contribution in [0.25, 0.3) is 10.2 Å². The van der Waals surface area contributed by atoms with Gasteiger partial charge in [-0.05, 0) is 45.6 Å². The highest BCUT2D eigenvalue weighted by Crippen LogP contribution is 2.39. The van der Waals surface area contributed by atoms with E-state index in [1.165, 1.54) is 4.88 Å². The first-order chi connectivity index (χ1) is 14.4. The average molecular weight is 428 g/mol. The number of fused-ring (bicyclic) bond motifs is 3. The number of thiophene rings is 1. The molecular weight excluding hydrogens is 402 g/mol. The van der Waals surface area contributed by atoms with Crippen molar-refractivity contribution < 1.29 is 9.90 Å². The third kappa shape index (κ3) is 3.24. The number of nitrogens with zero attached hydrogens (tertiary/aromatic N) is 5. The quantitative estimate of drug-likeness (QED) is 0.579. The van der Waals surface area contributed by atoms with E-state index in [2.05, 4.69) is 33.4 Å². The van der Waals surface area contributed by atoms with Crippen molar-refractivity contribution in [2.45, 2.75) is 57.7 Å². The van der Waals surface area contributed by atoms with Crippen LogP contribution in [0.4, 0.5) is 22.4 Å². The summed E-state index contributed by atoms with van der Waals surface area (Å²) < 4.78 is 0. The van der Waals surface area contributed by atoms with Crippen molar-refractivity contribution in [3.63, 3.8) is 0 Å². The van der Waals surface area contributed by atoms with Crippen molar-refractivity contribution in [3.05, 3.63) is 22.7 Å². The second-order valence-corrected chi connectivity index (χ2v) is 9.56. The molecule has 2 bridgehead atoms. The number of aromatic amines is 1. The molecule has 2 saturated heterocycles. The summed E-state index contributed by atoms with van der Waals surface area (Å²) in [6.45, 7) is 4.02. The number of aryl methyl sites for hydroxylation is 2. The number of hydrogen-bond donors (Lipinski definition) is 3. The van der Waals surface area contributed by atoms with Crippen molar-refractivity contribution in [1.82, 2.24) is 25.1 Å². The van der Waals surface area contributed by atoms with Crippen LogP contribution in [0.3, 0.4) is 0 Å². The van der Waals surface area contributed by atoms with Crippen LogP contribution in [-0.4, -0.2) is 61.4 Å². The van der Waals surface area contributed by atoms with Crippen LogP contribution in [0.1, 0.15) is 36.3 Å². The fourth-order valence-electron chi connectivity index (χ4n) is 4.83. The van der Waals surface area contributed by atoms with Gasteiger partial charge >= 0.3 is 6.09 Å². The van der Waals surface area contributed by atoms with Gasteiger partial charge in [0.15, 0.2) is 5.82 Å². The number of carbonyl (C=O) groups is 1. The molecule has 10 heteroatoms. The van der Waals surface area contributed by atoms with Crippen LogP contribution in [0.15, 0.2) is 12.1 Å². The lowest BCUT2D eigenvalue weighted by atomic mass is 9.97. The monoisotopic (exact) mass is 427 g/mol. The zero-order valence-corrected chi connectivity index (χ0v) is 18.0. The molecule has 2 unspecified atom stereocenters. The van der Waals surface area contributed by atoms with Crippen molar-refractivity contribution in [1.29, 1.82) is 0 Å². The Bertz CT molecular complexity index is 1100. The fraction of sp³-hybridized carbons (Fsp3) is 0.500. The summed E-state index contributed by atoms with van der Waals surface area (Å²) in [6, 6.07) is 4.43. The lowest BCUT2D eigenvalue weighted by Gasteiger charge is -2.40. The molecule has 30 heavy (non-hydrogen) atoms. The minimum Gasteiger partial charge on any atom is -0.465 e. The number of amides is 1. The van der Waals surface area contributed by atoms with Crippen molar-refractivity contribution in [2.24, 2.45) is 0 Å². The number of H-pyrrole nitrogens is 1. The SMILES string of the molecule is Cc1cc(Nc2nc(N(C)C3CC4CCC(C3)N4C(=O)O)nc3sc(C)cc23)n[nH]1. The molecule has 0 saturated carbocycles. The van der Waals surface area contributed by atoms with Gasteiger partial charge in [-0.15, -0.1) is 11.3 Å². The van der Waals surface area contributed by atoms with Crippen LogP contribution in [0.5, 0.6) is 0 Å². The van der Waals surface area contributed by atoms with Crippen LogP contribution < -0.4 is 10.2 Å². The average Bonchev–Trinajstić information content (AvgIpc) is 3.36. The van der Waals surface area contributed by atoms with Crippen LogP contribution >= 0.6 is 11.3 Å². The highest BCUT2D eigenvalue weighted by atomic mass is 32.1. The first-order valence-corrected chi connectivity index (χ1v) is 11.0. The summed E-state index contributed by atoms with van der Waals surface area (Å²) in [7, 11) is 2.02. The lowest BCUT2D eigenvalue weighted by Crippen LogP contribution is -2.51. The molecule has 5 heterocycles. The standard InChI is InChI=1S/C20H25N7O2S/c1-10-6-16(25-24-10)21-17-15-7-11(2)30-18(15)23-19(22-17)26(3)14-8-12-4-5-13(9-14)27(12)20(28)29/h6-7,12-14H,4-5,8-9H2,1-3H3,(H,28,29)(H2,21,22,23,24,25). The predicted molar refractivity (Wildman–Crippen MR) is 117 cm³/mol. The molecule has 0 spiro atoms. The van der Waals surface area contributed by atoms with E-state index >= 15 is 0 Å². The molecule has 0 aliphatic carbocycles. The molecule has 158 valence electrons. The number of aromatic nitrogens is 4. The molecule has 3 aromatic heterocycles. The minimum absolute atomic E-state index is 0.0889. The summed E-state index contributed by atoms with van der Waals surface area (Å²) in [6.07, 6.45) is 2.71. The highest BCUT2D eigenvalue weighted by Gasteiger charge is 2.44. The summed E-state index contributed by atoms with van der Waals surface area (Å²) >= 11 is 1.65. The summed E-state index contributed by atoms with van der Waals surface area (Å²) in [5.74, 6) is 2.12. The molecular formula is C20H25N7O2S. The van der Waals surface area contributed by atoms with Gasteiger partial charge in [-0.2, -0.15) is 10.1 Å². The van der Waals surface area contributed by atoms with Gasteiger partial charge in [0.05, 0.1) is 5.39 Å². The van der Waals surface area contributed by atoms with Gasteiger partial charge in [-0.25, -0.2) is 9.78 Å². The molecule has 3 aromatic rings. The number of piperidine rings is 1. The maximum Gasteiger partial charge on any atom is 0.407 e.